The Morgan fingerprint density at radius 1 is 0.824 bits per heavy atom. The molecule has 1 aliphatic heterocycles. The Kier molecular flexibility index (Phi) is 2.65. The van der Waals surface area contributed by atoms with Crippen LogP contribution in [0.2, 0.25) is 5.02 Å². The first kappa shape index (κ1) is 10.8. The van der Waals surface area contributed by atoms with Crippen molar-refractivity contribution in [1.82, 2.24) is 0 Å². The molecule has 86 valence electrons. The number of hydrogen-bond donors (Lipinski definition) is 0. The summed E-state index contributed by atoms with van der Waals surface area (Å²) in [6.07, 6.45) is 0.395. The van der Waals surface area contributed by atoms with E-state index in [4.69, 9.17) is 16.3 Å². The van der Waals surface area contributed by atoms with E-state index in [0.717, 1.165) is 5.02 Å². The average molecular weight is 245 g/mol. The van der Waals surface area contributed by atoms with E-state index >= 15 is 0 Å². The molecule has 0 spiro atoms. The first-order chi connectivity index (χ1) is 8.24. The highest BCUT2D eigenvalue weighted by Gasteiger charge is 2.41. The summed E-state index contributed by atoms with van der Waals surface area (Å²) in [4.78, 5) is 0. The van der Waals surface area contributed by atoms with Gasteiger partial charge in [0.1, 0.15) is 12.2 Å². The number of aryl methyl sites for hydroxylation is 1. The van der Waals surface area contributed by atoms with Crippen molar-refractivity contribution in [2.45, 2.75) is 19.1 Å². The van der Waals surface area contributed by atoms with Crippen molar-refractivity contribution in [1.29, 1.82) is 0 Å². The van der Waals surface area contributed by atoms with Gasteiger partial charge in [-0.1, -0.05) is 53.6 Å². The van der Waals surface area contributed by atoms with Crippen molar-refractivity contribution >= 4 is 11.6 Å². The predicted molar refractivity (Wildman–Crippen MR) is 69.2 cm³/mol. The standard InChI is InChI=1S/C15H13ClO/c1-10-2-4-11(5-3-10)14-15(17-14)12-6-8-13(16)9-7-12/h2-9,14-15H,1H3/t14-,15+/m0/s1. The second-order valence-corrected chi connectivity index (χ2v) is 4.88. The lowest BCUT2D eigenvalue weighted by Crippen LogP contribution is -1.84. The Morgan fingerprint density at radius 3 is 1.82 bits per heavy atom. The van der Waals surface area contributed by atoms with Crippen LogP contribution < -0.4 is 0 Å². The normalized spacial score (nSPS) is 22.5. The van der Waals surface area contributed by atoms with E-state index < -0.39 is 0 Å². The molecule has 1 aliphatic rings. The number of halogens is 1. The van der Waals surface area contributed by atoms with Crippen LogP contribution in [-0.2, 0) is 4.74 Å². The van der Waals surface area contributed by atoms with Crippen LogP contribution in [0.3, 0.4) is 0 Å². The highest BCUT2D eigenvalue weighted by Crippen LogP contribution is 2.50. The third-order valence-corrected chi connectivity index (χ3v) is 3.35. The second-order valence-electron chi connectivity index (χ2n) is 4.44. The van der Waals surface area contributed by atoms with Gasteiger partial charge in [0.2, 0.25) is 0 Å². The number of hydrogen-bond acceptors (Lipinski definition) is 1. The third kappa shape index (κ3) is 2.21. The highest BCUT2D eigenvalue weighted by molar-refractivity contribution is 6.30. The zero-order valence-corrected chi connectivity index (χ0v) is 10.3. The van der Waals surface area contributed by atoms with Crippen LogP contribution in [0, 0.1) is 6.92 Å². The van der Waals surface area contributed by atoms with E-state index in [1.165, 1.54) is 16.7 Å². The fourth-order valence-electron chi connectivity index (χ4n) is 2.03. The Balaban J connectivity index is 1.78. The lowest BCUT2D eigenvalue weighted by atomic mass is 10.0. The maximum Gasteiger partial charge on any atom is 0.114 e. The minimum atomic E-state index is 0.190. The fraction of sp³-hybridized carbons (Fsp3) is 0.200. The largest absolute Gasteiger partial charge is 0.359 e. The summed E-state index contributed by atoms with van der Waals surface area (Å²) in [5.74, 6) is 0. The molecule has 0 aliphatic carbocycles. The molecular weight excluding hydrogens is 232 g/mol. The first-order valence-electron chi connectivity index (χ1n) is 5.71. The van der Waals surface area contributed by atoms with Crippen LogP contribution in [0.25, 0.3) is 0 Å². The van der Waals surface area contributed by atoms with Gasteiger partial charge in [0.05, 0.1) is 0 Å². The molecule has 0 N–H and O–H groups in total. The maximum absolute atomic E-state index is 5.87. The van der Waals surface area contributed by atoms with Gasteiger partial charge in [-0.3, -0.25) is 0 Å². The number of rotatable bonds is 2. The zero-order chi connectivity index (χ0) is 11.8. The van der Waals surface area contributed by atoms with Crippen molar-refractivity contribution in [2.24, 2.45) is 0 Å². The minimum Gasteiger partial charge on any atom is -0.359 e. The van der Waals surface area contributed by atoms with Crippen molar-refractivity contribution in [3.05, 3.63) is 70.2 Å². The molecule has 1 saturated heterocycles. The molecule has 0 radical (unpaired) electrons. The molecule has 17 heavy (non-hydrogen) atoms. The molecule has 1 nitrogen and oxygen atoms in total. The molecule has 0 amide bonds. The molecule has 1 heterocycles. The Bertz CT molecular complexity index is 466. The van der Waals surface area contributed by atoms with Crippen LogP contribution >= 0.6 is 11.6 Å². The lowest BCUT2D eigenvalue weighted by Gasteiger charge is -1.98. The predicted octanol–water partition coefficient (Wildman–Crippen LogP) is 4.46. The molecule has 0 unspecified atom stereocenters. The van der Waals surface area contributed by atoms with Gasteiger partial charge in [0.15, 0.2) is 0 Å². The summed E-state index contributed by atoms with van der Waals surface area (Å²) in [7, 11) is 0. The van der Waals surface area contributed by atoms with Crippen LogP contribution in [-0.4, -0.2) is 0 Å². The molecule has 0 saturated carbocycles. The molecule has 1 fully saturated rings. The SMILES string of the molecule is Cc1ccc([C@@H]2O[C@@H]2c2ccc(Cl)cc2)cc1. The summed E-state index contributed by atoms with van der Waals surface area (Å²) < 4.78 is 5.73. The maximum atomic E-state index is 5.87. The van der Waals surface area contributed by atoms with Crippen LogP contribution in [0.1, 0.15) is 28.9 Å². The van der Waals surface area contributed by atoms with Gasteiger partial charge >= 0.3 is 0 Å². The number of benzene rings is 2. The van der Waals surface area contributed by atoms with Gasteiger partial charge in [-0.2, -0.15) is 0 Å². The van der Waals surface area contributed by atoms with E-state index in [1.807, 2.05) is 24.3 Å². The lowest BCUT2D eigenvalue weighted by molar-refractivity contribution is 0.377. The average Bonchev–Trinajstić information content (AvgIpc) is 3.11. The summed E-state index contributed by atoms with van der Waals surface area (Å²) in [5.41, 5.74) is 3.72. The Morgan fingerprint density at radius 2 is 1.29 bits per heavy atom. The summed E-state index contributed by atoms with van der Waals surface area (Å²) in [5, 5.41) is 0.765. The van der Waals surface area contributed by atoms with Crippen molar-refractivity contribution < 1.29 is 4.74 Å². The third-order valence-electron chi connectivity index (χ3n) is 3.10. The minimum absolute atomic E-state index is 0.190. The van der Waals surface area contributed by atoms with Gasteiger partial charge < -0.3 is 4.74 Å². The van der Waals surface area contributed by atoms with Crippen molar-refractivity contribution in [3.63, 3.8) is 0 Å². The molecular formula is C15H13ClO. The number of ether oxygens (including phenoxy) is 1. The van der Waals surface area contributed by atoms with Crippen molar-refractivity contribution in [2.75, 3.05) is 0 Å². The molecule has 2 atom stereocenters. The van der Waals surface area contributed by atoms with Crippen LogP contribution in [0.15, 0.2) is 48.5 Å². The summed E-state index contributed by atoms with van der Waals surface area (Å²) in [6, 6.07) is 16.4. The van der Waals surface area contributed by atoms with E-state index in [1.54, 1.807) is 0 Å². The van der Waals surface area contributed by atoms with E-state index in [2.05, 4.69) is 31.2 Å². The molecule has 2 aromatic rings. The quantitative estimate of drug-likeness (QED) is 0.711. The van der Waals surface area contributed by atoms with Crippen molar-refractivity contribution in [3.8, 4) is 0 Å². The summed E-state index contributed by atoms with van der Waals surface area (Å²) in [6.45, 7) is 2.09. The first-order valence-corrected chi connectivity index (χ1v) is 6.09. The molecule has 0 aromatic heterocycles. The van der Waals surface area contributed by atoms with E-state index in [0.29, 0.717) is 0 Å². The van der Waals surface area contributed by atoms with E-state index in [-0.39, 0.29) is 12.2 Å². The molecule has 0 bridgehead atoms. The summed E-state index contributed by atoms with van der Waals surface area (Å²) >= 11 is 5.87. The van der Waals surface area contributed by atoms with Gasteiger partial charge in [-0.25, -0.2) is 0 Å². The van der Waals surface area contributed by atoms with Crippen LogP contribution in [0.4, 0.5) is 0 Å². The van der Waals surface area contributed by atoms with Gasteiger partial charge in [-0.15, -0.1) is 0 Å². The van der Waals surface area contributed by atoms with Gasteiger partial charge in [0.25, 0.3) is 0 Å². The number of epoxide rings is 1. The Hall–Kier alpha value is -1.31. The molecule has 2 heteroatoms. The van der Waals surface area contributed by atoms with E-state index in [9.17, 15) is 0 Å². The van der Waals surface area contributed by atoms with Gasteiger partial charge in [-0.05, 0) is 30.2 Å². The molecule has 3 rings (SSSR count). The zero-order valence-electron chi connectivity index (χ0n) is 9.56. The van der Waals surface area contributed by atoms with Crippen LogP contribution in [0.5, 0.6) is 0 Å². The smallest absolute Gasteiger partial charge is 0.114 e. The fourth-order valence-corrected chi connectivity index (χ4v) is 2.15. The Labute approximate surface area is 106 Å². The van der Waals surface area contributed by atoms with Gasteiger partial charge in [0, 0.05) is 5.02 Å². The molecule has 2 aromatic carbocycles. The topological polar surface area (TPSA) is 12.5 Å². The monoisotopic (exact) mass is 244 g/mol. The second kappa shape index (κ2) is 4.17. The highest BCUT2D eigenvalue weighted by atomic mass is 35.5.